The highest BCUT2D eigenvalue weighted by molar-refractivity contribution is 6.53. The highest BCUT2D eigenvalue weighted by Crippen LogP contribution is 2.45. The first-order valence-corrected chi connectivity index (χ1v) is 13.8. The molecule has 2 fully saturated rings. The first-order valence-electron chi connectivity index (χ1n) is 13.8. The molecule has 2 aromatic carbocycles. The van der Waals surface area contributed by atoms with Gasteiger partial charge in [-0.2, -0.15) is 0 Å². The van der Waals surface area contributed by atoms with Crippen molar-refractivity contribution in [3.63, 3.8) is 0 Å². The fourth-order valence-electron chi connectivity index (χ4n) is 5.00. The zero-order chi connectivity index (χ0) is 26.9. The molecule has 0 saturated carbocycles. The van der Waals surface area contributed by atoms with E-state index in [0.717, 1.165) is 32.4 Å². The van der Waals surface area contributed by atoms with E-state index in [1.165, 1.54) is 11.1 Å². The third-order valence-electron chi connectivity index (χ3n) is 8.77. The number of benzene rings is 2. The topological polar surface area (TPSA) is 40.2 Å². The lowest BCUT2D eigenvalue weighted by Gasteiger charge is -2.32. The Balaban J connectivity index is 1.52. The molecule has 2 aliphatic heterocycles. The van der Waals surface area contributed by atoms with Gasteiger partial charge in [0.1, 0.15) is 0 Å². The van der Waals surface area contributed by atoms with Crippen LogP contribution in [-0.4, -0.2) is 48.1 Å². The number of hydrogen-bond acceptors (Lipinski definition) is 5. The molecule has 1 atom stereocenters. The largest absolute Gasteiger partial charge is 0.460 e. The Morgan fingerprint density at radius 2 is 1.03 bits per heavy atom. The van der Waals surface area contributed by atoms with Gasteiger partial charge in [0.15, 0.2) is 0 Å². The molecule has 2 heterocycles. The zero-order valence-corrected chi connectivity index (χ0v) is 24.1. The molecule has 0 bridgehead atoms. The van der Waals surface area contributed by atoms with E-state index in [1.807, 2.05) is 0 Å². The lowest BCUT2D eigenvalue weighted by atomic mass is 9.59. The molecule has 4 rings (SSSR count). The maximum Gasteiger partial charge on any atom is 0.460 e. The second-order valence-corrected chi connectivity index (χ2v) is 12.8. The van der Waals surface area contributed by atoms with Crippen LogP contribution in [0.25, 0.3) is 0 Å². The average molecular weight is 505 g/mol. The Kier molecular flexibility index (Phi) is 8.33. The van der Waals surface area contributed by atoms with Gasteiger partial charge < -0.3 is 18.6 Å². The molecule has 0 aromatic heterocycles. The summed E-state index contributed by atoms with van der Waals surface area (Å²) in [5.41, 5.74) is 1.17. The average Bonchev–Trinajstić information content (AvgIpc) is 3.16. The van der Waals surface area contributed by atoms with E-state index in [9.17, 15) is 0 Å². The number of hydrogen-bond donors (Lipinski definition) is 0. The van der Waals surface area contributed by atoms with Crippen LogP contribution in [0, 0.1) is 0 Å². The lowest BCUT2D eigenvalue weighted by Crippen LogP contribution is -2.41. The molecular formula is C30H45B2NO4. The van der Waals surface area contributed by atoms with Crippen LogP contribution in [-0.2, 0) is 31.7 Å². The van der Waals surface area contributed by atoms with Crippen molar-refractivity contribution in [3.05, 3.63) is 71.8 Å². The van der Waals surface area contributed by atoms with Crippen LogP contribution in [0.5, 0.6) is 0 Å². The Morgan fingerprint density at radius 1 is 0.622 bits per heavy atom. The summed E-state index contributed by atoms with van der Waals surface area (Å²) < 4.78 is 25.9. The van der Waals surface area contributed by atoms with Gasteiger partial charge >= 0.3 is 14.2 Å². The molecule has 0 radical (unpaired) electrons. The predicted molar refractivity (Wildman–Crippen MR) is 152 cm³/mol. The van der Waals surface area contributed by atoms with E-state index in [2.05, 4.69) is 121 Å². The molecule has 200 valence electrons. The van der Waals surface area contributed by atoms with Crippen molar-refractivity contribution in [3.8, 4) is 0 Å². The monoisotopic (exact) mass is 505 g/mol. The maximum absolute atomic E-state index is 6.56. The summed E-state index contributed by atoms with van der Waals surface area (Å²) in [4.78, 5) is 2.52. The molecule has 0 amide bonds. The molecule has 2 saturated heterocycles. The minimum atomic E-state index is -0.375. The van der Waals surface area contributed by atoms with Crippen molar-refractivity contribution >= 4 is 14.2 Å². The Morgan fingerprint density at radius 3 is 1.46 bits per heavy atom. The van der Waals surface area contributed by atoms with Crippen LogP contribution in [0.3, 0.4) is 0 Å². The van der Waals surface area contributed by atoms with E-state index < -0.39 is 0 Å². The van der Waals surface area contributed by atoms with E-state index in [0.29, 0.717) is 0 Å². The second-order valence-electron chi connectivity index (χ2n) is 12.8. The molecule has 2 aromatic rings. The normalized spacial score (nSPS) is 22.5. The molecular weight excluding hydrogens is 460 g/mol. The summed E-state index contributed by atoms with van der Waals surface area (Å²) in [6.07, 6.45) is 1.65. The fraction of sp³-hybridized carbons (Fsp3) is 0.600. The summed E-state index contributed by atoms with van der Waals surface area (Å²) in [6.45, 7) is 19.6. The van der Waals surface area contributed by atoms with Gasteiger partial charge in [0.05, 0.1) is 22.4 Å². The van der Waals surface area contributed by atoms with Gasteiger partial charge in [-0.1, -0.05) is 60.7 Å². The van der Waals surface area contributed by atoms with Gasteiger partial charge in [-0.15, -0.1) is 0 Å². The fourth-order valence-corrected chi connectivity index (χ4v) is 5.00. The van der Waals surface area contributed by atoms with Crippen molar-refractivity contribution in [1.82, 2.24) is 4.90 Å². The SMILES string of the molecule is CC1(C)OB(CC(CCN(Cc2ccccc2)Cc2ccccc2)B2OC(C)(C)C(C)(C)O2)OC1(C)C. The van der Waals surface area contributed by atoms with Gasteiger partial charge in [-0.05, 0) is 91.6 Å². The predicted octanol–water partition coefficient (Wildman–Crippen LogP) is 6.63. The maximum atomic E-state index is 6.56. The van der Waals surface area contributed by atoms with Crippen LogP contribution in [0.15, 0.2) is 60.7 Å². The Hall–Kier alpha value is -1.63. The van der Waals surface area contributed by atoms with Crippen LogP contribution in [0.1, 0.15) is 72.9 Å². The van der Waals surface area contributed by atoms with E-state index in [1.54, 1.807) is 0 Å². The van der Waals surface area contributed by atoms with Crippen molar-refractivity contribution in [2.24, 2.45) is 0 Å². The number of nitrogens with zero attached hydrogens (tertiary/aromatic N) is 1. The molecule has 7 heteroatoms. The van der Waals surface area contributed by atoms with Gasteiger partial charge in [0.25, 0.3) is 0 Å². The van der Waals surface area contributed by atoms with Crippen LogP contribution in [0.4, 0.5) is 0 Å². The molecule has 0 spiro atoms. The molecule has 37 heavy (non-hydrogen) atoms. The third-order valence-corrected chi connectivity index (χ3v) is 8.77. The molecule has 1 unspecified atom stereocenters. The first-order chi connectivity index (χ1) is 17.3. The van der Waals surface area contributed by atoms with Crippen molar-refractivity contribution in [1.29, 1.82) is 0 Å². The summed E-state index contributed by atoms with van der Waals surface area (Å²) in [6, 6.07) is 21.4. The molecule has 2 aliphatic rings. The first kappa shape index (κ1) is 28.4. The van der Waals surface area contributed by atoms with E-state index >= 15 is 0 Å². The van der Waals surface area contributed by atoms with Crippen LogP contribution in [0.2, 0.25) is 12.1 Å². The lowest BCUT2D eigenvalue weighted by molar-refractivity contribution is 0.00578. The highest BCUT2D eigenvalue weighted by Gasteiger charge is 2.56. The molecule has 5 nitrogen and oxygen atoms in total. The van der Waals surface area contributed by atoms with Gasteiger partial charge in [0, 0.05) is 13.1 Å². The second kappa shape index (κ2) is 10.9. The van der Waals surface area contributed by atoms with Gasteiger partial charge in [-0.3, -0.25) is 4.90 Å². The third kappa shape index (κ3) is 6.69. The van der Waals surface area contributed by atoms with Crippen LogP contribution < -0.4 is 0 Å². The van der Waals surface area contributed by atoms with Gasteiger partial charge in [-0.25, -0.2) is 0 Å². The summed E-state index contributed by atoms with van der Waals surface area (Å²) in [5, 5.41) is 0. The zero-order valence-electron chi connectivity index (χ0n) is 24.1. The summed E-state index contributed by atoms with van der Waals surface area (Å²) in [5.74, 6) is 0.129. The van der Waals surface area contributed by atoms with Crippen molar-refractivity contribution < 1.29 is 18.6 Å². The van der Waals surface area contributed by atoms with E-state index in [4.69, 9.17) is 18.6 Å². The smallest absolute Gasteiger partial charge is 0.403 e. The van der Waals surface area contributed by atoms with Crippen molar-refractivity contribution in [2.45, 2.75) is 109 Å². The summed E-state index contributed by atoms with van der Waals surface area (Å²) >= 11 is 0. The van der Waals surface area contributed by atoms with Gasteiger partial charge in [0.2, 0.25) is 0 Å². The minimum Gasteiger partial charge on any atom is -0.403 e. The highest BCUT2D eigenvalue weighted by atomic mass is 16.7. The number of rotatable bonds is 10. The van der Waals surface area contributed by atoms with E-state index in [-0.39, 0.29) is 42.5 Å². The Labute approximate surface area is 225 Å². The molecule has 0 N–H and O–H groups in total. The minimum absolute atomic E-state index is 0.129. The van der Waals surface area contributed by atoms with Crippen molar-refractivity contribution in [2.75, 3.05) is 6.54 Å². The quantitative estimate of drug-likeness (QED) is 0.339. The Bertz CT molecular complexity index is 939. The van der Waals surface area contributed by atoms with Crippen LogP contribution >= 0.6 is 0 Å². The standard InChI is InChI=1S/C30H45B2NO4/c1-27(2)28(3,4)35-31(34-27)21-26(32-36-29(5,6)30(7,8)37-32)19-20-33(22-24-15-11-9-12-16-24)23-25-17-13-10-14-18-25/h9-18,26H,19-23H2,1-8H3. The summed E-state index contributed by atoms with van der Waals surface area (Å²) in [7, 11) is -0.593. The molecule has 0 aliphatic carbocycles.